The van der Waals surface area contributed by atoms with Crippen molar-refractivity contribution in [2.45, 2.75) is 50.3 Å². The lowest BCUT2D eigenvalue weighted by Crippen LogP contribution is -2.53. The van der Waals surface area contributed by atoms with Gasteiger partial charge in [0, 0.05) is 5.88 Å². The number of alkyl halides is 1. The first kappa shape index (κ1) is 13.2. The summed E-state index contributed by atoms with van der Waals surface area (Å²) in [5.41, 5.74) is -0.259. The fourth-order valence-electron chi connectivity index (χ4n) is 1.58. The number of hydrogen-bond acceptors (Lipinski definition) is 2. The van der Waals surface area contributed by atoms with Gasteiger partial charge in [-0.3, -0.25) is 4.79 Å². The van der Waals surface area contributed by atoms with Crippen molar-refractivity contribution in [3.8, 4) is 0 Å². The van der Waals surface area contributed by atoms with Crippen LogP contribution in [0.2, 0.25) is 0 Å². The molecule has 1 aliphatic heterocycles. The number of nitrogens with one attached hydrogen (secondary N) is 1. The second-order valence-corrected chi connectivity index (χ2v) is 6.55. The Kier molecular flexibility index (Phi) is 4.36. The van der Waals surface area contributed by atoms with Crippen molar-refractivity contribution in [2.75, 3.05) is 11.6 Å². The van der Waals surface area contributed by atoms with Crippen molar-refractivity contribution in [1.82, 2.24) is 5.32 Å². The van der Waals surface area contributed by atoms with E-state index in [1.165, 1.54) is 0 Å². The molecule has 0 aromatic heterocycles. The number of carbonyl (C=O) groups is 1. The molecule has 15 heavy (non-hydrogen) atoms. The molecule has 0 aromatic carbocycles. The SMILES string of the molecule is CCC(C)(CCl)NC(=O)C1(C)CCCS1. The van der Waals surface area contributed by atoms with Crippen molar-refractivity contribution in [1.29, 1.82) is 0 Å². The summed E-state index contributed by atoms with van der Waals surface area (Å²) in [6, 6.07) is 0. The summed E-state index contributed by atoms with van der Waals surface area (Å²) in [4.78, 5) is 12.1. The Morgan fingerprint density at radius 3 is 2.73 bits per heavy atom. The molecule has 1 aliphatic rings. The molecule has 1 N–H and O–H groups in total. The summed E-state index contributed by atoms with van der Waals surface area (Å²) in [5, 5.41) is 3.08. The Hall–Kier alpha value is 0.110. The molecule has 1 heterocycles. The van der Waals surface area contributed by atoms with E-state index < -0.39 is 0 Å². The molecule has 1 fully saturated rings. The van der Waals surface area contributed by atoms with Gasteiger partial charge in [-0.1, -0.05) is 6.92 Å². The molecule has 0 saturated carbocycles. The first-order chi connectivity index (χ1) is 6.96. The highest BCUT2D eigenvalue weighted by Crippen LogP contribution is 2.38. The van der Waals surface area contributed by atoms with E-state index in [1.54, 1.807) is 11.8 Å². The second-order valence-electron chi connectivity index (χ2n) is 4.68. The highest BCUT2D eigenvalue weighted by molar-refractivity contribution is 8.01. The molecule has 2 atom stereocenters. The van der Waals surface area contributed by atoms with Crippen LogP contribution < -0.4 is 5.32 Å². The van der Waals surface area contributed by atoms with E-state index in [4.69, 9.17) is 11.6 Å². The molecule has 0 spiro atoms. The molecule has 1 rings (SSSR count). The average molecular weight is 250 g/mol. The second kappa shape index (κ2) is 4.96. The summed E-state index contributed by atoms with van der Waals surface area (Å²) in [6.45, 7) is 6.08. The molecular weight excluding hydrogens is 230 g/mol. The monoisotopic (exact) mass is 249 g/mol. The van der Waals surface area contributed by atoms with Gasteiger partial charge in [-0.15, -0.1) is 23.4 Å². The van der Waals surface area contributed by atoms with Crippen LogP contribution in [0.3, 0.4) is 0 Å². The molecule has 0 aromatic rings. The van der Waals surface area contributed by atoms with Gasteiger partial charge in [-0.2, -0.15) is 0 Å². The lowest BCUT2D eigenvalue weighted by atomic mass is 9.98. The number of thioether (sulfide) groups is 1. The third-order valence-corrected chi connectivity index (χ3v) is 5.30. The van der Waals surface area contributed by atoms with Crippen LogP contribution in [0.5, 0.6) is 0 Å². The fourth-order valence-corrected chi connectivity index (χ4v) is 3.05. The van der Waals surface area contributed by atoms with Crippen LogP contribution in [0.1, 0.15) is 40.0 Å². The third kappa shape index (κ3) is 3.04. The van der Waals surface area contributed by atoms with E-state index in [9.17, 15) is 4.79 Å². The van der Waals surface area contributed by atoms with Crippen LogP contribution in [-0.4, -0.2) is 27.8 Å². The van der Waals surface area contributed by atoms with Crippen molar-refractivity contribution in [2.24, 2.45) is 0 Å². The zero-order chi connectivity index (χ0) is 11.5. The van der Waals surface area contributed by atoms with E-state index >= 15 is 0 Å². The number of halogens is 1. The molecule has 2 unspecified atom stereocenters. The summed E-state index contributed by atoms with van der Waals surface area (Å²) in [6.07, 6.45) is 2.98. The molecule has 0 bridgehead atoms. The zero-order valence-corrected chi connectivity index (χ0v) is 11.3. The van der Waals surface area contributed by atoms with Gasteiger partial charge in [0.1, 0.15) is 0 Å². The standard InChI is InChI=1S/C11H20ClNOS/c1-4-10(2,8-12)13-9(14)11(3)6-5-7-15-11/h4-8H2,1-3H3,(H,13,14). The molecule has 0 radical (unpaired) electrons. The topological polar surface area (TPSA) is 29.1 Å². The van der Waals surface area contributed by atoms with Crippen molar-refractivity contribution < 1.29 is 4.79 Å². The quantitative estimate of drug-likeness (QED) is 0.777. The number of amides is 1. The van der Waals surface area contributed by atoms with Gasteiger partial charge in [0.25, 0.3) is 0 Å². The molecular formula is C11H20ClNOS. The van der Waals surface area contributed by atoms with Crippen LogP contribution >= 0.6 is 23.4 Å². The summed E-state index contributed by atoms with van der Waals surface area (Å²) in [7, 11) is 0. The van der Waals surface area contributed by atoms with E-state index in [0.29, 0.717) is 5.88 Å². The largest absolute Gasteiger partial charge is 0.349 e. The fraction of sp³-hybridized carbons (Fsp3) is 0.909. The molecule has 4 heteroatoms. The Morgan fingerprint density at radius 1 is 1.67 bits per heavy atom. The van der Waals surface area contributed by atoms with Crippen LogP contribution in [0.4, 0.5) is 0 Å². The van der Waals surface area contributed by atoms with Crippen molar-refractivity contribution >= 4 is 29.3 Å². The predicted octanol–water partition coefficient (Wildman–Crippen LogP) is 2.80. The van der Waals surface area contributed by atoms with Gasteiger partial charge in [0.15, 0.2) is 0 Å². The molecule has 0 aliphatic carbocycles. The third-order valence-electron chi connectivity index (χ3n) is 3.19. The van der Waals surface area contributed by atoms with Gasteiger partial charge in [-0.05, 0) is 38.9 Å². The highest BCUT2D eigenvalue weighted by atomic mass is 35.5. The maximum Gasteiger partial charge on any atom is 0.236 e. The lowest BCUT2D eigenvalue weighted by molar-refractivity contribution is -0.124. The van der Waals surface area contributed by atoms with Crippen LogP contribution in [0.25, 0.3) is 0 Å². The summed E-state index contributed by atoms with van der Waals surface area (Å²) in [5.74, 6) is 1.71. The first-order valence-corrected chi connectivity index (χ1v) is 7.00. The summed E-state index contributed by atoms with van der Waals surface area (Å²) >= 11 is 7.64. The Balaban J connectivity index is 2.61. The zero-order valence-electron chi connectivity index (χ0n) is 9.73. The molecule has 2 nitrogen and oxygen atoms in total. The van der Waals surface area contributed by atoms with E-state index in [1.807, 2.05) is 20.8 Å². The van der Waals surface area contributed by atoms with Crippen molar-refractivity contribution in [3.63, 3.8) is 0 Å². The molecule has 1 amide bonds. The summed E-state index contributed by atoms with van der Waals surface area (Å²) < 4.78 is -0.234. The first-order valence-electron chi connectivity index (χ1n) is 5.48. The minimum absolute atomic E-state index is 0.148. The average Bonchev–Trinajstić information content (AvgIpc) is 2.66. The number of rotatable bonds is 4. The predicted molar refractivity (Wildman–Crippen MR) is 67.7 cm³/mol. The number of carbonyl (C=O) groups excluding carboxylic acids is 1. The van der Waals surface area contributed by atoms with Gasteiger partial charge >= 0.3 is 0 Å². The van der Waals surface area contributed by atoms with Gasteiger partial charge in [-0.25, -0.2) is 0 Å². The van der Waals surface area contributed by atoms with Gasteiger partial charge in [0.05, 0.1) is 10.3 Å². The van der Waals surface area contributed by atoms with E-state index in [0.717, 1.165) is 25.0 Å². The van der Waals surface area contributed by atoms with Crippen LogP contribution in [0, 0.1) is 0 Å². The normalized spacial score (nSPS) is 29.9. The van der Waals surface area contributed by atoms with Gasteiger partial charge < -0.3 is 5.32 Å². The van der Waals surface area contributed by atoms with Crippen LogP contribution in [0.15, 0.2) is 0 Å². The molecule has 1 saturated heterocycles. The Labute approximate surface area is 102 Å². The minimum atomic E-state index is -0.259. The number of hydrogen-bond donors (Lipinski definition) is 1. The smallest absolute Gasteiger partial charge is 0.236 e. The van der Waals surface area contributed by atoms with Crippen LogP contribution in [-0.2, 0) is 4.79 Å². The van der Waals surface area contributed by atoms with E-state index in [-0.39, 0.29) is 16.2 Å². The Bertz CT molecular complexity index is 235. The highest BCUT2D eigenvalue weighted by Gasteiger charge is 2.39. The minimum Gasteiger partial charge on any atom is -0.349 e. The van der Waals surface area contributed by atoms with Crippen molar-refractivity contribution in [3.05, 3.63) is 0 Å². The van der Waals surface area contributed by atoms with Gasteiger partial charge in [0.2, 0.25) is 5.91 Å². The maximum atomic E-state index is 12.1. The Morgan fingerprint density at radius 2 is 2.33 bits per heavy atom. The lowest BCUT2D eigenvalue weighted by Gasteiger charge is -2.32. The maximum absolute atomic E-state index is 12.1. The molecule has 88 valence electrons. The van der Waals surface area contributed by atoms with E-state index in [2.05, 4.69) is 5.32 Å².